The first-order chi connectivity index (χ1) is 5.75. The average Bonchev–Trinajstić information content (AvgIpc) is 2.32. The van der Waals surface area contributed by atoms with Crippen LogP contribution in [0, 0.1) is 16.2 Å². The summed E-state index contributed by atoms with van der Waals surface area (Å²) in [6.45, 7) is 8.10. The van der Waals surface area contributed by atoms with Crippen LogP contribution >= 0.6 is 0 Å². The predicted octanol–water partition coefficient (Wildman–Crippen LogP) is 0.907. The van der Waals surface area contributed by atoms with Crippen molar-refractivity contribution in [3.8, 4) is 0 Å². The molecule has 0 aliphatic heterocycles. The van der Waals surface area contributed by atoms with Gasteiger partial charge in [0.1, 0.15) is 0 Å². The third-order valence-corrected chi connectivity index (χ3v) is 4.78. The van der Waals surface area contributed by atoms with E-state index in [1.807, 2.05) is 27.7 Å². The van der Waals surface area contributed by atoms with Gasteiger partial charge < -0.3 is 10.8 Å². The molecule has 0 bridgehead atoms. The molecule has 1 aliphatic rings. The summed E-state index contributed by atoms with van der Waals surface area (Å²) >= 11 is 0. The van der Waals surface area contributed by atoms with E-state index in [2.05, 4.69) is 0 Å². The van der Waals surface area contributed by atoms with Gasteiger partial charge in [-0.1, -0.05) is 20.8 Å². The molecule has 3 N–H and O–H groups in total. The Morgan fingerprint density at radius 3 is 2.00 bits per heavy atom. The Labute approximate surface area is 79.3 Å². The number of aliphatic hydroxyl groups excluding tert-OH is 1. The van der Waals surface area contributed by atoms with Gasteiger partial charge in [0.25, 0.3) is 0 Å². The molecule has 2 atom stereocenters. The molecular weight excluding hydrogens is 166 g/mol. The zero-order chi connectivity index (χ0) is 10.5. The van der Waals surface area contributed by atoms with Crippen LogP contribution in [-0.4, -0.2) is 17.6 Å². The van der Waals surface area contributed by atoms with E-state index >= 15 is 0 Å². The highest BCUT2D eigenvalue weighted by molar-refractivity contribution is 5.87. The molecular formula is C10H19NO2. The van der Waals surface area contributed by atoms with Crippen LogP contribution in [-0.2, 0) is 4.79 Å². The van der Waals surface area contributed by atoms with E-state index in [4.69, 9.17) is 10.8 Å². The first-order valence-corrected chi connectivity index (χ1v) is 4.66. The molecule has 2 unspecified atom stereocenters. The molecule has 0 heterocycles. The topological polar surface area (TPSA) is 63.3 Å². The standard InChI is InChI=1S/C10H19NO2/c1-8(2)9(3,5-6-12)10(8,4)7(11)13/h12H,5-6H2,1-4H3,(H2,11,13). The first kappa shape index (κ1) is 10.5. The van der Waals surface area contributed by atoms with Crippen LogP contribution in [0.15, 0.2) is 0 Å². The van der Waals surface area contributed by atoms with Gasteiger partial charge in [-0.3, -0.25) is 4.79 Å². The minimum atomic E-state index is -0.470. The fourth-order valence-electron chi connectivity index (χ4n) is 2.81. The summed E-state index contributed by atoms with van der Waals surface area (Å²) in [4.78, 5) is 11.3. The van der Waals surface area contributed by atoms with Crippen molar-refractivity contribution in [1.82, 2.24) is 0 Å². The van der Waals surface area contributed by atoms with Crippen molar-refractivity contribution in [2.24, 2.45) is 22.0 Å². The van der Waals surface area contributed by atoms with E-state index in [1.54, 1.807) is 0 Å². The van der Waals surface area contributed by atoms with Gasteiger partial charge in [-0.25, -0.2) is 0 Å². The Morgan fingerprint density at radius 2 is 1.77 bits per heavy atom. The molecule has 3 heteroatoms. The van der Waals surface area contributed by atoms with Crippen molar-refractivity contribution in [1.29, 1.82) is 0 Å². The van der Waals surface area contributed by atoms with Gasteiger partial charge in [0.2, 0.25) is 5.91 Å². The highest BCUT2D eigenvalue weighted by Crippen LogP contribution is 2.79. The average molecular weight is 185 g/mol. The van der Waals surface area contributed by atoms with Crippen LogP contribution in [0.25, 0.3) is 0 Å². The highest BCUT2D eigenvalue weighted by atomic mass is 16.3. The lowest BCUT2D eigenvalue weighted by molar-refractivity contribution is -0.124. The van der Waals surface area contributed by atoms with Gasteiger partial charge in [-0.2, -0.15) is 0 Å². The summed E-state index contributed by atoms with van der Waals surface area (Å²) in [6.07, 6.45) is 0.638. The maximum absolute atomic E-state index is 11.3. The van der Waals surface area contributed by atoms with Gasteiger partial charge >= 0.3 is 0 Å². The smallest absolute Gasteiger partial charge is 0.224 e. The summed E-state index contributed by atoms with van der Waals surface area (Å²) in [5, 5.41) is 8.94. The Balaban J connectivity index is 2.99. The monoisotopic (exact) mass is 185 g/mol. The van der Waals surface area contributed by atoms with Crippen molar-refractivity contribution < 1.29 is 9.90 Å². The minimum Gasteiger partial charge on any atom is -0.396 e. The molecule has 76 valence electrons. The highest BCUT2D eigenvalue weighted by Gasteiger charge is 2.79. The number of aliphatic hydroxyl groups is 1. The maximum atomic E-state index is 11.3. The number of hydrogen-bond donors (Lipinski definition) is 2. The van der Waals surface area contributed by atoms with E-state index in [9.17, 15) is 4.79 Å². The van der Waals surface area contributed by atoms with Crippen LogP contribution in [0.3, 0.4) is 0 Å². The molecule has 3 nitrogen and oxygen atoms in total. The first-order valence-electron chi connectivity index (χ1n) is 4.66. The van der Waals surface area contributed by atoms with Gasteiger partial charge in [-0.05, 0) is 24.2 Å². The van der Waals surface area contributed by atoms with E-state index in [-0.39, 0.29) is 23.3 Å². The summed E-state index contributed by atoms with van der Waals surface area (Å²) in [5.74, 6) is -0.256. The SMILES string of the molecule is CC1(C)C(C)(CCO)C1(C)C(N)=O. The molecule has 0 radical (unpaired) electrons. The van der Waals surface area contributed by atoms with Crippen molar-refractivity contribution in [3.05, 3.63) is 0 Å². The van der Waals surface area contributed by atoms with Gasteiger partial charge in [0.15, 0.2) is 0 Å². The van der Waals surface area contributed by atoms with E-state index in [0.717, 1.165) is 0 Å². The molecule has 1 rings (SSSR count). The van der Waals surface area contributed by atoms with Crippen molar-refractivity contribution in [3.63, 3.8) is 0 Å². The summed E-state index contributed by atoms with van der Waals surface area (Å²) in [6, 6.07) is 0. The second-order valence-electron chi connectivity index (χ2n) is 4.92. The summed E-state index contributed by atoms with van der Waals surface area (Å²) < 4.78 is 0. The molecule has 0 saturated heterocycles. The lowest BCUT2D eigenvalue weighted by Gasteiger charge is -2.13. The Bertz CT molecular complexity index is 249. The lowest BCUT2D eigenvalue weighted by atomic mass is 9.92. The summed E-state index contributed by atoms with van der Waals surface area (Å²) in [5.41, 5.74) is 4.67. The van der Waals surface area contributed by atoms with Crippen LogP contribution in [0.2, 0.25) is 0 Å². The number of primary amides is 1. The zero-order valence-electron chi connectivity index (χ0n) is 8.85. The molecule has 1 aliphatic carbocycles. The second-order valence-corrected chi connectivity index (χ2v) is 4.92. The zero-order valence-corrected chi connectivity index (χ0v) is 8.85. The van der Waals surface area contributed by atoms with Crippen LogP contribution in [0.5, 0.6) is 0 Å². The van der Waals surface area contributed by atoms with E-state index < -0.39 is 5.41 Å². The molecule has 1 fully saturated rings. The van der Waals surface area contributed by atoms with Crippen LogP contribution in [0.4, 0.5) is 0 Å². The molecule has 0 spiro atoms. The molecule has 0 aromatic heterocycles. The Morgan fingerprint density at radius 1 is 1.31 bits per heavy atom. The largest absolute Gasteiger partial charge is 0.396 e. The molecule has 1 amide bonds. The normalized spacial score (nSPS) is 41.6. The maximum Gasteiger partial charge on any atom is 0.224 e. The molecule has 0 aromatic carbocycles. The number of nitrogens with two attached hydrogens (primary N) is 1. The molecule has 1 saturated carbocycles. The van der Waals surface area contributed by atoms with Crippen LogP contribution < -0.4 is 5.73 Å². The Hall–Kier alpha value is -0.570. The fraction of sp³-hybridized carbons (Fsp3) is 0.900. The molecule has 0 aromatic rings. The summed E-state index contributed by atoms with van der Waals surface area (Å²) in [7, 11) is 0. The van der Waals surface area contributed by atoms with Crippen molar-refractivity contribution in [2.75, 3.05) is 6.61 Å². The van der Waals surface area contributed by atoms with Crippen molar-refractivity contribution in [2.45, 2.75) is 34.1 Å². The minimum absolute atomic E-state index is 0.103. The van der Waals surface area contributed by atoms with Crippen molar-refractivity contribution >= 4 is 5.91 Å². The van der Waals surface area contributed by atoms with E-state index in [1.165, 1.54) is 0 Å². The number of hydrogen-bond acceptors (Lipinski definition) is 2. The Kier molecular flexibility index (Phi) is 2.00. The molecule has 13 heavy (non-hydrogen) atoms. The second kappa shape index (κ2) is 2.47. The predicted molar refractivity (Wildman–Crippen MR) is 50.9 cm³/mol. The quantitative estimate of drug-likeness (QED) is 0.686. The lowest BCUT2D eigenvalue weighted by Crippen LogP contribution is -2.28. The third kappa shape index (κ3) is 0.857. The van der Waals surface area contributed by atoms with E-state index in [0.29, 0.717) is 6.42 Å². The van der Waals surface area contributed by atoms with Gasteiger partial charge in [-0.15, -0.1) is 0 Å². The number of amides is 1. The van der Waals surface area contributed by atoms with Gasteiger partial charge in [0.05, 0.1) is 5.41 Å². The third-order valence-electron chi connectivity index (χ3n) is 4.78. The number of carbonyl (C=O) groups is 1. The van der Waals surface area contributed by atoms with Gasteiger partial charge in [0, 0.05) is 6.61 Å². The number of rotatable bonds is 3. The fourth-order valence-corrected chi connectivity index (χ4v) is 2.81. The van der Waals surface area contributed by atoms with Crippen LogP contribution in [0.1, 0.15) is 34.1 Å². The number of carbonyl (C=O) groups excluding carboxylic acids is 1.